The van der Waals surface area contributed by atoms with Crippen molar-refractivity contribution in [3.8, 4) is 6.07 Å². The van der Waals surface area contributed by atoms with E-state index in [1.54, 1.807) is 0 Å². The van der Waals surface area contributed by atoms with Gasteiger partial charge in [0, 0.05) is 12.1 Å². The molecule has 0 aromatic heterocycles. The molecule has 0 amide bonds. The Kier molecular flexibility index (Phi) is 1.61. The summed E-state index contributed by atoms with van der Waals surface area (Å²) < 4.78 is 0. The normalized spacial score (nSPS) is 18.6. The summed E-state index contributed by atoms with van der Waals surface area (Å²) >= 11 is 0. The first-order chi connectivity index (χ1) is 4.33. The van der Waals surface area contributed by atoms with Gasteiger partial charge in [0.15, 0.2) is 5.78 Å². The van der Waals surface area contributed by atoms with Gasteiger partial charge in [-0.1, -0.05) is 0 Å². The molecule has 0 fully saturated rings. The predicted molar refractivity (Wildman–Crippen MR) is 31.6 cm³/mol. The fourth-order valence-electron chi connectivity index (χ4n) is 0.689. The molecular formula is C6H6N2O. The van der Waals surface area contributed by atoms with Crippen molar-refractivity contribution in [2.24, 2.45) is 0 Å². The lowest BCUT2D eigenvalue weighted by atomic mass is 10.2. The van der Waals surface area contributed by atoms with Crippen LogP contribution in [0, 0.1) is 11.3 Å². The Morgan fingerprint density at radius 1 is 1.67 bits per heavy atom. The summed E-state index contributed by atoms with van der Waals surface area (Å²) in [5.41, 5.74) is 0.520. The van der Waals surface area contributed by atoms with Crippen molar-refractivity contribution in [2.45, 2.75) is 0 Å². The molecule has 1 aliphatic heterocycles. The molecule has 0 aromatic carbocycles. The molecule has 0 atom stereocenters. The number of carbonyl (C=O) groups is 1. The molecule has 0 aliphatic carbocycles. The van der Waals surface area contributed by atoms with Gasteiger partial charge in [-0.2, -0.15) is 5.26 Å². The van der Waals surface area contributed by atoms with Crippen LogP contribution in [0.4, 0.5) is 0 Å². The second kappa shape index (κ2) is 2.42. The van der Waals surface area contributed by atoms with Gasteiger partial charge in [0.1, 0.15) is 0 Å². The number of nitriles is 1. The van der Waals surface area contributed by atoms with Gasteiger partial charge < -0.3 is 5.32 Å². The number of nitrogens with one attached hydrogen (secondary N) is 1. The lowest BCUT2D eigenvalue weighted by Gasteiger charge is -2.05. The van der Waals surface area contributed by atoms with Crippen LogP contribution in [0.15, 0.2) is 11.6 Å². The van der Waals surface area contributed by atoms with Gasteiger partial charge in [-0.3, -0.25) is 4.79 Å². The standard InChI is InChI=1S/C6H6N2O/c7-2-5-1-6(9)4-8-3-5/h1,8H,3-4H2. The summed E-state index contributed by atoms with van der Waals surface area (Å²) in [6.45, 7) is 0.896. The Bertz CT molecular complexity index is 200. The molecule has 0 unspecified atom stereocenters. The molecule has 1 N–H and O–H groups in total. The third-order valence-electron chi connectivity index (χ3n) is 1.09. The highest BCUT2D eigenvalue weighted by atomic mass is 16.1. The van der Waals surface area contributed by atoms with E-state index in [1.165, 1.54) is 6.08 Å². The molecule has 1 heterocycles. The highest BCUT2D eigenvalue weighted by Crippen LogP contribution is 1.94. The molecule has 3 nitrogen and oxygen atoms in total. The number of carbonyl (C=O) groups excluding carboxylic acids is 1. The van der Waals surface area contributed by atoms with Crippen LogP contribution in [0.5, 0.6) is 0 Å². The van der Waals surface area contributed by atoms with Gasteiger partial charge in [0.25, 0.3) is 0 Å². The third kappa shape index (κ3) is 1.37. The van der Waals surface area contributed by atoms with Gasteiger partial charge in [0.2, 0.25) is 0 Å². The lowest BCUT2D eigenvalue weighted by Crippen LogP contribution is -2.28. The summed E-state index contributed by atoms with van der Waals surface area (Å²) in [6, 6.07) is 1.91. The molecule has 0 saturated carbocycles. The van der Waals surface area contributed by atoms with E-state index >= 15 is 0 Å². The zero-order valence-corrected chi connectivity index (χ0v) is 4.85. The Labute approximate surface area is 53.0 Å². The molecule has 0 saturated heterocycles. The van der Waals surface area contributed by atoms with Crippen LogP contribution in [0.1, 0.15) is 0 Å². The molecule has 3 heteroatoms. The van der Waals surface area contributed by atoms with Crippen LogP contribution in [0.25, 0.3) is 0 Å². The van der Waals surface area contributed by atoms with Crippen LogP contribution < -0.4 is 5.32 Å². The Hall–Kier alpha value is -1.14. The Balaban J connectivity index is 2.74. The Morgan fingerprint density at radius 2 is 2.44 bits per heavy atom. The quantitative estimate of drug-likeness (QED) is 0.476. The monoisotopic (exact) mass is 122 g/mol. The summed E-state index contributed by atoms with van der Waals surface area (Å²) in [4.78, 5) is 10.5. The number of ketones is 1. The van der Waals surface area contributed by atoms with E-state index in [0.29, 0.717) is 18.7 Å². The highest BCUT2D eigenvalue weighted by molar-refractivity contribution is 5.93. The number of hydrogen-bond acceptors (Lipinski definition) is 3. The highest BCUT2D eigenvalue weighted by Gasteiger charge is 2.06. The van der Waals surface area contributed by atoms with Crippen LogP contribution in [-0.4, -0.2) is 18.9 Å². The first-order valence-electron chi connectivity index (χ1n) is 2.67. The summed E-state index contributed by atoms with van der Waals surface area (Å²) in [6.07, 6.45) is 1.39. The molecule has 0 radical (unpaired) electrons. The minimum Gasteiger partial charge on any atom is -0.305 e. The lowest BCUT2D eigenvalue weighted by molar-refractivity contribution is -0.114. The molecule has 9 heavy (non-hydrogen) atoms. The van der Waals surface area contributed by atoms with E-state index in [2.05, 4.69) is 5.32 Å². The minimum atomic E-state index is -0.0159. The third-order valence-corrected chi connectivity index (χ3v) is 1.09. The van der Waals surface area contributed by atoms with Gasteiger partial charge >= 0.3 is 0 Å². The van der Waals surface area contributed by atoms with Crippen LogP contribution in [-0.2, 0) is 4.79 Å². The van der Waals surface area contributed by atoms with E-state index in [9.17, 15) is 4.79 Å². The maximum absolute atomic E-state index is 10.5. The maximum atomic E-state index is 10.5. The smallest absolute Gasteiger partial charge is 0.170 e. The number of rotatable bonds is 0. The Morgan fingerprint density at radius 3 is 2.89 bits per heavy atom. The van der Waals surface area contributed by atoms with E-state index in [0.717, 1.165) is 0 Å². The van der Waals surface area contributed by atoms with E-state index < -0.39 is 0 Å². The van der Waals surface area contributed by atoms with Crippen molar-refractivity contribution >= 4 is 5.78 Å². The van der Waals surface area contributed by atoms with E-state index in [4.69, 9.17) is 5.26 Å². The molecule has 0 spiro atoms. The minimum absolute atomic E-state index is 0.0159. The molecule has 1 rings (SSSR count). The summed E-state index contributed by atoms with van der Waals surface area (Å²) in [5.74, 6) is -0.0159. The molecular weight excluding hydrogens is 116 g/mol. The molecule has 0 bridgehead atoms. The van der Waals surface area contributed by atoms with Crippen molar-refractivity contribution in [1.29, 1.82) is 5.26 Å². The molecule has 1 aliphatic rings. The molecule has 0 aromatic rings. The van der Waals surface area contributed by atoms with Crippen molar-refractivity contribution < 1.29 is 4.79 Å². The average Bonchev–Trinajstić information content (AvgIpc) is 1.88. The van der Waals surface area contributed by atoms with Crippen LogP contribution in [0.2, 0.25) is 0 Å². The van der Waals surface area contributed by atoms with Crippen LogP contribution in [0.3, 0.4) is 0 Å². The van der Waals surface area contributed by atoms with Gasteiger partial charge in [-0.05, 0) is 6.08 Å². The number of nitrogens with zero attached hydrogens (tertiary/aromatic N) is 1. The van der Waals surface area contributed by atoms with Crippen LogP contribution >= 0.6 is 0 Å². The second-order valence-corrected chi connectivity index (χ2v) is 1.85. The molecule has 46 valence electrons. The zero-order chi connectivity index (χ0) is 6.69. The summed E-state index contributed by atoms with van der Waals surface area (Å²) in [7, 11) is 0. The van der Waals surface area contributed by atoms with Gasteiger partial charge in [0.05, 0.1) is 12.6 Å². The van der Waals surface area contributed by atoms with E-state index in [-0.39, 0.29) is 5.78 Å². The van der Waals surface area contributed by atoms with Crippen molar-refractivity contribution in [2.75, 3.05) is 13.1 Å². The topological polar surface area (TPSA) is 52.9 Å². The van der Waals surface area contributed by atoms with E-state index in [1.807, 2.05) is 6.07 Å². The average molecular weight is 122 g/mol. The van der Waals surface area contributed by atoms with Gasteiger partial charge in [-0.15, -0.1) is 0 Å². The predicted octanol–water partition coefficient (Wildman–Crippen LogP) is -0.391. The van der Waals surface area contributed by atoms with Gasteiger partial charge in [-0.25, -0.2) is 0 Å². The largest absolute Gasteiger partial charge is 0.305 e. The SMILES string of the molecule is N#CC1=CC(=O)CNC1. The fourth-order valence-corrected chi connectivity index (χ4v) is 0.689. The summed E-state index contributed by atoms with van der Waals surface area (Å²) in [5, 5.41) is 11.1. The van der Waals surface area contributed by atoms with Crippen molar-refractivity contribution in [3.63, 3.8) is 0 Å². The van der Waals surface area contributed by atoms with Crippen molar-refractivity contribution in [1.82, 2.24) is 5.32 Å². The fraction of sp³-hybridized carbons (Fsp3) is 0.333. The first-order valence-corrected chi connectivity index (χ1v) is 2.67. The maximum Gasteiger partial charge on any atom is 0.170 e. The second-order valence-electron chi connectivity index (χ2n) is 1.85. The first kappa shape index (κ1) is 5.99. The van der Waals surface area contributed by atoms with Crippen molar-refractivity contribution in [3.05, 3.63) is 11.6 Å². The number of hydrogen-bond donors (Lipinski definition) is 1. The zero-order valence-electron chi connectivity index (χ0n) is 4.85.